The lowest BCUT2D eigenvalue weighted by molar-refractivity contribution is 0.0749. The molecule has 0 spiro atoms. The fourth-order valence-corrected chi connectivity index (χ4v) is 6.87. The highest BCUT2D eigenvalue weighted by atomic mass is 32.2. The Kier molecular flexibility index (Phi) is 6.98. The number of amides is 1. The third kappa shape index (κ3) is 5.16. The molecule has 188 valence electrons. The molecule has 3 aliphatic rings. The van der Waals surface area contributed by atoms with Crippen LogP contribution in [0.5, 0.6) is 5.75 Å². The van der Waals surface area contributed by atoms with Crippen molar-refractivity contribution in [1.29, 1.82) is 0 Å². The summed E-state index contributed by atoms with van der Waals surface area (Å²) < 4.78 is 34.7. The Morgan fingerprint density at radius 1 is 1.06 bits per heavy atom. The van der Waals surface area contributed by atoms with Crippen LogP contribution in [0.4, 0.5) is 0 Å². The summed E-state index contributed by atoms with van der Waals surface area (Å²) in [6.07, 6.45) is 12.5. The Labute approximate surface area is 207 Å². The number of hydrogen-bond donors (Lipinski definition) is 0. The predicted molar refractivity (Wildman–Crippen MR) is 132 cm³/mol. The van der Waals surface area contributed by atoms with Gasteiger partial charge in [-0.15, -0.1) is 0 Å². The van der Waals surface area contributed by atoms with E-state index in [0.717, 1.165) is 38.0 Å². The highest BCUT2D eigenvalue weighted by Gasteiger charge is 2.32. The van der Waals surface area contributed by atoms with Crippen LogP contribution in [0.2, 0.25) is 0 Å². The highest BCUT2D eigenvalue weighted by molar-refractivity contribution is 7.89. The van der Waals surface area contributed by atoms with E-state index in [0.29, 0.717) is 31.2 Å². The SMILES string of the molecule is Cn1cnc(S(=O)(=O)N2CCC(COc3ccc(C(=O)N4CCCC5CCCC=C54)cc3)CC2)c1. The van der Waals surface area contributed by atoms with Crippen molar-refractivity contribution in [2.45, 2.75) is 50.0 Å². The molecule has 1 atom stereocenters. The number of rotatable bonds is 6. The first-order valence-electron chi connectivity index (χ1n) is 12.6. The lowest BCUT2D eigenvalue weighted by atomic mass is 9.84. The van der Waals surface area contributed by atoms with E-state index >= 15 is 0 Å². The van der Waals surface area contributed by atoms with Crippen LogP contribution >= 0.6 is 0 Å². The summed E-state index contributed by atoms with van der Waals surface area (Å²) in [5.41, 5.74) is 1.92. The van der Waals surface area contributed by atoms with Crippen LogP contribution in [-0.2, 0) is 17.1 Å². The summed E-state index contributed by atoms with van der Waals surface area (Å²) in [4.78, 5) is 19.2. The normalized spacial score (nSPS) is 21.9. The Hall–Kier alpha value is -2.65. The number of likely N-dealkylation sites (tertiary alicyclic amines) is 1. The van der Waals surface area contributed by atoms with Gasteiger partial charge in [-0.25, -0.2) is 13.4 Å². The number of nitrogens with zero attached hydrogens (tertiary/aromatic N) is 4. The molecule has 1 aliphatic carbocycles. The number of hydrogen-bond acceptors (Lipinski definition) is 5. The number of sulfonamides is 1. The molecule has 3 heterocycles. The van der Waals surface area contributed by atoms with Gasteiger partial charge >= 0.3 is 0 Å². The van der Waals surface area contributed by atoms with Gasteiger partial charge in [0.25, 0.3) is 15.9 Å². The fourth-order valence-electron chi connectivity index (χ4n) is 5.43. The van der Waals surface area contributed by atoms with Crippen molar-refractivity contribution in [3.8, 4) is 5.75 Å². The third-order valence-electron chi connectivity index (χ3n) is 7.47. The number of ether oxygens (including phenoxy) is 1. The molecule has 1 unspecified atom stereocenters. The number of imidazole rings is 1. The lowest BCUT2D eigenvalue weighted by Gasteiger charge is -2.38. The van der Waals surface area contributed by atoms with Crippen LogP contribution in [-0.4, -0.2) is 59.3 Å². The molecule has 1 aromatic carbocycles. The highest BCUT2D eigenvalue weighted by Crippen LogP contribution is 2.35. The van der Waals surface area contributed by atoms with Crippen LogP contribution in [0.3, 0.4) is 0 Å². The second-order valence-corrected chi connectivity index (χ2v) is 11.8. The van der Waals surface area contributed by atoms with Crippen molar-refractivity contribution >= 4 is 15.9 Å². The van der Waals surface area contributed by atoms with Crippen molar-refractivity contribution in [1.82, 2.24) is 18.8 Å². The van der Waals surface area contributed by atoms with Gasteiger partial charge in [0.15, 0.2) is 5.03 Å². The van der Waals surface area contributed by atoms with Gasteiger partial charge in [0.2, 0.25) is 0 Å². The van der Waals surface area contributed by atoms with Crippen molar-refractivity contribution in [3.63, 3.8) is 0 Å². The average molecular weight is 499 g/mol. The molecule has 2 aromatic rings. The van der Waals surface area contributed by atoms with E-state index < -0.39 is 10.0 Å². The van der Waals surface area contributed by atoms with Gasteiger partial charge in [-0.2, -0.15) is 4.31 Å². The minimum Gasteiger partial charge on any atom is -0.493 e. The zero-order valence-corrected chi connectivity index (χ0v) is 21.1. The number of fused-ring (bicyclic) bond motifs is 1. The lowest BCUT2D eigenvalue weighted by Crippen LogP contribution is -2.39. The van der Waals surface area contributed by atoms with Crippen molar-refractivity contribution in [2.75, 3.05) is 26.2 Å². The predicted octanol–water partition coefficient (Wildman–Crippen LogP) is 3.82. The van der Waals surface area contributed by atoms with Crippen molar-refractivity contribution in [3.05, 3.63) is 54.1 Å². The fraction of sp³-hybridized carbons (Fsp3) is 0.538. The van der Waals surface area contributed by atoms with Gasteiger partial charge in [0, 0.05) is 44.1 Å². The smallest absolute Gasteiger partial charge is 0.262 e. The molecule has 2 fully saturated rings. The quantitative estimate of drug-likeness (QED) is 0.605. The van der Waals surface area contributed by atoms with E-state index in [4.69, 9.17) is 4.74 Å². The number of aryl methyl sites for hydroxylation is 1. The second-order valence-electron chi connectivity index (χ2n) is 9.92. The van der Waals surface area contributed by atoms with Crippen molar-refractivity contribution in [2.24, 2.45) is 18.9 Å². The van der Waals surface area contributed by atoms with E-state index in [2.05, 4.69) is 11.1 Å². The summed E-state index contributed by atoms with van der Waals surface area (Å²) in [6, 6.07) is 7.44. The molecule has 0 bridgehead atoms. The monoisotopic (exact) mass is 498 g/mol. The molecule has 35 heavy (non-hydrogen) atoms. The molecule has 9 heteroatoms. The van der Waals surface area contributed by atoms with E-state index in [1.165, 1.54) is 41.8 Å². The van der Waals surface area contributed by atoms with Crippen molar-refractivity contribution < 1.29 is 17.9 Å². The molecule has 1 amide bonds. The molecule has 8 nitrogen and oxygen atoms in total. The number of benzene rings is 1. The molecule has 0 radical (unpaired) electrons. The van der Waals surface area contributed by atoms with Crippen LogP contribution < -0.4 is 4.74 Å². The standard InChI is InChI=1S/C26H34N4O4S/c1-28-17-25(27-19-28)35(32,33)29-15-12-20(13-16-29)18-34-23-10-8-22(9-11-23)26(31)30-14-4-6-21-5-2-3-7-24(21)30/h7-11,17,19-21H,2-6,12-16,18H2,1H3. The van der Waals surface area contributed by atoms with Crippen LogP contribution in [0.15, 0.2) is 53.6 Å². The Morgan fingerprint density at radius 2 is 1.80 bits per heavy atom. The molecule has 2 aliphatic heterocycles. The summed E-state index contributed by atoms with van der Waals surface area (Å²) in [5, 5.41) is 0.101. The Bertz CT molecular complexity index is 1180. The van der Waals surface area contributed by atoms with E-state index in [9.17, 15) is 13.2 Å². The molecule has 2 saturated heterocycles. The van der Waals surface area contributed by atoms with Crippen LogP contribution in [0, 0.1) is 11.8 Å². The Balaban J connectivity index is 1.13. The molecule has 1 aromatic heterocycles. The first-order valence-corrected chi connectivity index (χ1v) is 14.1. The summed E-state index contributed by atoms with van der Waals surface area (Å²) in [6.45, 7) is 2.26. The van der Waals surface area contributed by atoms with Gasteiger partial charge < -0.3 is 14.2 Å². The van der Waals surface area contributed by atoms with E-state index in [1.807, 2.05) is 29.2 Å². The largest absolute Gasteiger partial charge is 0.493 e. The summed E-state index contributed by atoms with van der Waals surface area (Å²) in [7, 11) is -1.78. The third-order valence-corrected chi connectivity index (χ3v) is 9.25. The van der Waals surface area contributed by atoms with Crippen LogP contribution in [0.25, 0.3) is 0 Å². The first-order chi connectivity index (χ1) is 16.9. The maximum absolute atomic E-state index is 13.2. The molecule has 5 rings (SSSR count). The Morgan fingerprint density at radius 3 is 2.51 bits per heavy atom. The number of aromatic nitrogens is 2. The maximum Gasteiger partial charge on any atom is 0.262 e. The maximum atomic E-state index is 13.2. The second kappa shape index (κ2) is 10.1. The number of piperidine rings is 2. The zero-order chi connectivity index (χ0) is 24.4. The minimum absolute atomic E-state index is 0.0795. The number of carbonyl (C=O) groups excluding carboxylic acids is 1. The topological polar surface area (TPSA) is 84.7 Å². The van der Waals surface area contributed by atoms with Gasteiger partial charge in [0.1, 0.15) is 5.75 Å². The summed E-state index contributed by atoms with van der Waals surface area (Å²) in [5.74, 6) is 1.64. The molecular weight excluding hydrogens is 464 g/mol. The van der Waals surface area contributed by atoms with E-state index in [1.54, 1.807) is 11.6 Å². The zero-order valence-electron chi connectivity index (χ0n) is 20.3. The average Bonchev–Trinajstić information content (AvgIpc) is 3.34. The van der Waals surface area contributed by atoms with Crippen LogP contribution in [0.1, 0.15) is 55.3 Å². The van der Waals surface area contributed by atoms with Gasteiger partial charge in [0.05, 0.1) is 12.9 Å². The first kappa shape index (κ1) is 24.1. The molecule has 0 N–H and O–H groups in total. The van der Waals surface area contributed by atoms with Gasteiger partial charge in [-0.1, -0.05) is 6.08 Å². The molecular formula is C26H34N4O4S. The van der Waals surface area contributed by atoms with E-state index in [-0.39, 0.29) is 16.9 Å². The minimum atomic E-state index is -3.54. The van der Waals surface area contributed by atoms with Gasteiger partial charge in [-0.3, -0.25) is 4.79 Å². The number of allylic oxidation sites excluding steroid dienone is 2. The molecule has 0 saturated carbocycles. The number of carbonyl (C=O) groups is 1. The van der Waals surface area contributed by atoms with Gasteiger partial charge in [-0.05, 0) is 81.0 Å². The summed E-state index contributed by atoms with van der Waals surface area (Å²) >= 11 is 0.